The van der Waals surface area contributed by atoms with Gasteiger partial charge in [0.1, 0.15) is 6.17 Å². The number of hydrogen-bond acceptors (Lipinski definition) is 4. The van der Waals surface area contributed by atoms with E-state index in [0.29, 0.717) is 22.5 Å². The molecule has 0 saturated carbocycles. The van der Waals surface area contributed by atoms with Gasteiger partial charge in [-0.25, -0.2) is 0 Å². The van der Waals surface area contributed by atoms with Crippen LogP contribution < -0.4 is 10.2 Å². The summed E-state index contributed by atoms with van der Waals surface area (Å²) in [6, 6.07) is 23.7. The van der Waals surface area contributed by atoms with Crippen molar-refractivity contribution in [2.45, 2.75) is 12.6 Å². The zero-order valence-electron chi connectivity index (χ0n) is 18.1. The Morgan fingerprint density at radius 2 is 1.65 bits per heavy atom. The van der Waals surface area contributed by atoms with Gasteiger partial charge in [0.15, 0.2) is 0 Å². The maximum atomic E-state index is 13.5. The number of amides is 3. The molecule has 34 heavy (non-hydrogen) atoms. The first kappa shape index (κ1) is 20.1. The Kier molecular flexibility index (Phi) is 4.62. The van der Waals surface area contributed by atoms with Crippen LogP contribution >= 0.6 is 0 Å². The number of carbonyl (C=O) groups is 3. The summed E-state index contributed by atoms with van der Waals surface area (Å²) in [5.41, 5.74) is 3.88. The summed E-state index contributed by atoms with van der Waals surface area (Å²) in [6.07, 6.45) is 1.23. The molecule has 1 atom stereocenters. The van der Waals surface area contributed by atoms with Gasteiger partial charge < -0.3 is 10.2 Å². The normalized spacial score (nSPS) is 16.3. The molecular weight excluding hydrogens is 428 g/mol. The van der Waals surface area contributed by atoms with Gasteiger partial charge in [0, 0.05) is 35.7 Å². The van der Waals surface area contributed by atoms with Crippen molar-refractivity contribution < 1.29 is 14.4 Å². The van der Waals surface area contributed by atoms with E-state index in [-0.39, 0.29) is 30.7 Å². The van der Waals surface area contributed by atoms with Crippen molar-refractivity contribution in [3.63, 3.8) is 0 Å². The molecule has 7 heteroatoms. The van der Waals surface area contributed by atoms with Gasteiger partial charge in [0.2, 0.25) is 5.91 Å². The lowest BCUT2D eigenvalue weighted by molar-refractivity contribution is -0.116. The van der Waals surface area contributed by atoms with Crippen molar-refractivity contribution in [1.82, 2.24) is 9.88 Å². The fourth-order valence-electron chi connectivity index (χ4n) is 4.85. The first-order chi connectivity index (χ1) is 16.6. The minimum Gasteiger partial charge on any atom is -0.325 e. The number of aromatic nitrogens is 1. The van der Waals surface area contributed by atoms with Gasteiger partial charge in [-0.1, -0.05) is 36.4 Å². The molecule has 6 rings (SSSR count). The average molecular weight is 448 g/mol. The van der Waals surface area contributed by atoms with E-state index in [0.717, 1.165) is 16.5 Å². The van der Waals surface area contributed by atoms with Crippen molar-refractivity contribution in [2.24, 2.45) is 0 Å². The first-order valence-electron chi connectivity index (χ1n) is 11.1. The Hall–Kier alpha value is -4.52. The summed E-state index contributed by atoms with van der Waals surface area (Å²) in [5.74, 6) is -0.547. The quantitative estimate of drug-likeness (QED) is 0.502. The van der Waals surface area contributed by atoms with E-state index in [1.165, 1.54) is 0 Å². The Morgan fingerprint density at radius 3 is 2.53 bits per heavy atom. The summed E-state index contributed by atoms with van der Waals surface area (Å²) in [5, 5.41) is 3.80. The SMILES string of the molecule is O=C(CCN1C(=O)c2ccccc2N2C(=O)c3ccccc3C12)Nc1cccc2ncccc12. The van der Waals surface area contributed by atoms with Crippen LogP contribution in [0.4, 0.5) is 11.4 Å². The summed E-state index contributed by atoms with van der Waals surface area (Å²) in [6.45, 7) is 0.171. The van der Waals surface area contributed by atoms with Crippen LogP contribution in [0.1, 0.15) is 38.9 Å². The van der Waals surface area contributed by atoms with Crippen molar-refractivity contribution in [2.75, 3.05) is 16.8 Å². The second-order valence-corrected chi connectivity index (χ2v) is 8.33. The highest BCUT2D eigenvalue weighted by Crippen LogP contribution is 2.45. The van der Waals surface area contributed by atoms with Crippen molar-refractivity contribution >= 4 is 40.0 Å². The van der Waals surface area contributed by atoms with E-state index in [2.05, 4.69) is 10.3 Å². The predicted molar refractivity (Wildman–Crippen MR) is 128 cm³/mol. The molecular formula is C27H20N4O3. The third-order valence-corrected chi connectivity index (χ3v) is 6.38. The Labute approximate surface area is 195 Å². The third-order valence-electron chi connectivity index (χ3n) is 6.38. The minimum absolute atomic E-state index is 0.0885. The highest BCUT2D eigenvalue weighted by molar-refractivity contribution is 6.16. The molecule has 0 saturated heterocycles. The van der Waals surface area contributed by atoms with Crippen molar-refractivity contribution in [1.29, 1.82) is 0 Å². The Balaban J connectivity index is 1.30. The van der Waals surface area contributed by atoms with E-state index >= 15 is 0 Å². The highest BCUT2D eigenvalue weighted by atomic mass is 16.2. The first-order valence-corrected chi connectivity index (χ1v) is 11.1. The van der Waals surface area contributed by atoms with Crippen molar-refractivity contribution in [3.8, 4) is 0 Å². The minimum atomic E-state index is -0.569. The molecule has 2 aliphatic rings. The molecule has 0 radical (unpaired) electrons. The topological polar surface area (TPSA) is 82.6 Å². The maximum Gasteiger partial charge on any atom is 0.260 e. The fraction of sp³-hybridized carbons (Fsp3) is 0.111. The van der Waals surface area contributed by atoms with Gasteiger partial charge in [-0.15, -0.1) is 0 Å². The third kappa shape index (κ3) is 3.05. The number of benzene rings is 3. The number of fused-ring (bicyclic) bond motifs is 6. The Morgan fingerprint density at radius 1 is 0.853 bits per heavy atom. The fourth-order valence-corrected chi connectivity index (χ4v) is 4.85. The lowest BCUT2D eigenvalue weighted by Crippen LogP contribution is -2.49. The number of anilines is 2. The number of nitrogens with one attached hydrogen (secondary N) is 1. The maximum absolute atomic E-state index is 13.5. The zero-order chi connectivity index (χ0) is 23.2. The van der Waals surface area contributed by atoms with Crippen LogP contribution in [0, 0.1) is 0 Å². The zero-order valence-corrected chi connectivity index (χ0v) is 18.1. The number of rotatable bonds is 4. The molecule has 1 N–H and O–H groups in total. The molecule has 0 aliphatic carbocycles. The molecule has 0 fully saturated rings. The molecule has 2 aliphatic heterocycles. The van der Waals surface area contributed by atoms with Gasteiger partial charge in [0.05, 0.1) is 22.5 Å². The van der Waals surface area contributed by atoms with Crippen molar-refractivity contribution in [3.05, 3.63) is 102 Å². The molecule has 7 nitrogen and oxygen atoms in total. The van der Waals surface area contributed by atoms with Gasteiger partial charge in [-0.2, -0.15) is 0 Å². The smallest absolute Gasteiger partial charge is 0.260 e. The molecule has 1 aromatic heterocycles. The summed E-state index contributed by atoms with van der Waals surface area (Å²) in [7, 11) is 0. The summed E-state index contributed by atoms with van der Waals surface area (Å²) < 4.78 is 0. The van der Waals surface area contributed by atoms with Crippen LogP contribution in [0.2, 0.25) is 0 Å². The summed E-state index contributed by atoms with van der Waals surface area (Å²) in [4.78, 5) is 47.2. The number of hydrogen-bond donors (Lipinski definition) is 1. The number of para-hydroxylation sites is 1. The molecule has 3 amide bonds. The number of pyridine rings is 1. The molecule has 3 heterocycles. The van der Waals surface area contributed by atoms with E-state index < -0.39 is 6.17 Å². The van der Waals surface area contributed by atoms with E-state index in [1.807, 2.05) is 54.6 Å². The van der Waals surface area contributed by atoms with Gasteiger partial charge in [-0.3, -0.25) is 24.3 Å². The molecule has 3 aromatic carbocycles. The monoisotopic (exact) mass is 448 g/mol. The molecule has 0 spiro atoms. The van der Waals surface area contributed by atoms with E-state index in [4.69, 9.17) is 0 Å². The predicted octanol–water partition coefficient (Wildman–Crippen LogP) is 4.38. The molecule has 0 bridgehead atoms. The van der Waals surface area contributed by atoms with Gasteiger partial charge in [0.25, 0.3) is 11.8 Å². The molecule has 166 valence electrons. The molecule has 4 aromatic rings. The van der Waals surface area contributed by atoms with Gasteiger partial charge >= 0.3 is 0 Å². The molecule has 1 unspecified atom stereocenters. The van der Waals surface area contributed by atoms with Gasteiger partial charge in [-0.05, 0) is 42.5 Å². The lowest BCUT2D eigenvalue weighted by atomic mass is 10.0. The van der Waals surface area contributed by atoms with E-state index in [1.54, 1.807) is 40.3 Å². The lowest BCUT2D eigenvalue weighted by Gasteiger charge is -2.40. The van der Waals surface area contributed by atoms with Crippen LogP contribution in [0.5, 0.6) is 0 Å². The average Bonchev–Trinajstić information content (AvgIpc) is 3.17. The van der Waals surface area contributed by atoms with Crippen LogP contribution in [-0.2, 0) is 4.79 Å². The largest absolute Gasteiger partial charge is 0.325 e. The van der Waals surface area contributed by atoms with E-state index in [9.17, 15) is 14.4 Å². The summed E-state index contributed by atoms with van der Waals surface area (Å²) >= 11 is 0. The highest BCUT2D eigenvalue weighted by Gasteiger charge is 2.47. The van der Waals surface area contributed by atoms with Crippen LogP contribution in [0.25, 0.3) is 10.9 Å². The van der Waals surface area contributed by atoms with Crippen LogP contribution in [-0.4, -0.2) is 34.2 Å². The van der Waals surface area contributed by atoms with Crippen LogP contribution in [0.15, 0.2) is 85.1 Å². The standard InChI is InChI=1S/C27H20N4O3/c32-24(29-22-12-5-11-21-19(22)10-6-15-28-21)14-16-30-25-17-7-1-2-8-18(17)27(34)31(25)23-13-4-3-9-20(23)26(30)33/h1-13,15,25H,14,16H2,(H,29,32). The number of nitrogens with zero attached hydrogens (tertiary/aromatic N) is 3. The second kappa shape index (κ2) is 7.81. The second-order valence-electron chi connectivity index (χ2n) is 8.33. The van der Waals surface area contributed by atoms with Crippen LogP contribution in [0.3, 0.4) is 0 Å². The Bertz CT molecular complexity index is 1480. The number of carbonyl (C=O) groups excluding carboxylic acids is 3.